The van der Waals surface area contributed by atoms with Crippen LogP contribution in [0.5, 0.6) is 0 Å². The number of carboxylic acid groups (broad SMARTS) is 1. The summed E-state index contributed by atoms with van der Waals surface area (Å²) in [6.45, 7) is 0.945. The lowest BCUT2D eigenvalue weighted by Gasteiger charge is -2.38. The molecule has 19 heavy (non-hydrogen) atoms. The Balaban J connectivity index is 1.63. The molecule has 2 aromatic heterocycles. The molecule has 2 N–H and O–H groups in total. The number of likely N-dealkylation sites (tertiary alicyclic amines) is 1. The molecule has 0 aromatic carbocycles. The van der Waals surface area contributed by atoms with Crippen LogP contribution >= 0.6 is 0 Å². The fraction of sp³-hybridized carbons (Fsp3) is 0.300. The summed E-state index contributed by atoms with van der Waals surface area (Å²) in [4.78, 5) is 30.7. The van der Waals surface area contributed by atoms with E-state index in [4.69, 9.17) is 5.11 Å². The first kappa shape index (κ1) is 11.4. The van der Waals surface area contributed by atoms with Crippen LogP contribution in [0.4, 0.5) is 0 Å². The molecule has 3 heterocycles. The van der Waals surface area contributed by atoms with Gasteiger partial charge in [0.25, 0.3) is 5.91 Å². The van der Waals surface area contributed by atoms with Crippen molar-refractivity contribution in [3.8, 4) is 0 Å². The van der Waals surface area contributed by atoms with Crippen molar-refractivity contribution in [1.29, 1.82) is 0 Å². The number of rotatable bonds is 3. The van der Waals surface area contributed by atoms with Gasteiger partial charge in [-0.3, -0.25) is 4.79 Å². The number of amides is 1. The molecule has 1 saturated heterocycles. The predicted molar refractivity (Wildman–Crippen MR) is 60.5 cm³/mol. The van der Waals surface area contributed by atoms with E-state index in [1.165, 1.54) is 23.4 Å². The molecule has 0 radical (unpaired) electrons. The first-order valence-corrected chi connectivity index (χ1v) is 5.58. The highest BCUT2D eigenvalue weighted by Gasteiger charge is 2.34. The normalized spacial score (nSPS) is 15.3. The second kappa shape index (κ2) is 4.19. The number of aromatic carboxylic acids is 1. The van der Waals surface area contributed by atoms with Crippen molar-refractivity contribution in [2.24, 2.45) is 0 Å². The van der Waals surface area contributed by atoms with Crippen molar-refractivity contribution in [2.45, 2.75) is 6.04 Å². The van der Waals surface area contributed by atoms with E-state index in [1.807, 2.05) is 0 Å². The van der Waals surface area contributed by atoms with Crippen molar-refractivity contribution in [3.05, 3.63) is 30.1 Å². The third-order valence-electron chi connectivity index (χ3n) is 2.98. The number of hydrogen-bond donors (Lipinski definition) is 2. The van der Waals surface area contributed by atoms with E-state index >= 15 is 0 Å². The van der Waals surface area contributed by atoms with Crippen molar-refractivity contribution >= 4 is 11.9 Å². The monoisotopic (exact) mass is 262 g/mol. The molecule has 0 saturated carbocycles. The molecular formula is C10H10N6O3. The van der Waals surface area contributed by atoms with E-state index in [9.17, 15) is 9.59 Å². The lowest BCUT2D eigenvalue weighted by atomic mass is 10.1. The number of nitrogens with zero attached hydrogens (tertiary/aromatic N) is 5. The molecule has 3 rings (SSSR count). The largest absolute Gasteiger partial charge is 0.476 e. The fourth-order valence-corrected chi connectivity index (χ4v) is 1.88. The Labute approximate surface area is 106 Å². The Morgan fingerprint density at radius 1 is 1.42 bits per heavy atom. The number of H-pyrrole nitrogens is 1. The number of nitrogens with one attached hydrogen (secondary N) is 1. The van der Waals surface area contributed by atoms with E-state index in [1.54, 1.807) is 4.90 Å². The lowest BCUT2D eigenvalue weighted by molar-refractivity contribution is 0.0492. The molecule has 98 valence electrons. The molecule has 9 nitrogen and oxygen atoms in total. The number of aromatic nitrogens is 5. The highest BCUT2D eigenvalue weighted by atomic mass is 16.4. The molecule has 1 aliphatic rings. The number of hydrogen-bond acceptors (Lipinski definition) is 5. The number of carbonyl (C=O) groups excluding carboxylic acids is 1. The highest BCUT2D eigenvalue weighted by molar-refractivity contribution is 5.92. The van der Waals surface area contributed by atoms with E-state index in [2.05, 4.69) is 20.3 Å². The van der Waals surface area contributed by atoms with E-state index in [-0.39, 0.29) is 17.6 Å². The average Bonchev–Trinajstić information content (AvgIpc) is 2.98. The minimum absolute atomic E-state index is 0.0347. The fourth-order valence-electron chi connectivity index (χ4n) is 1.88. The van der Waals surface area contributed by atoms with E-state index < -0.39 is 5.97 Å². The Kier molecular flexibility index (Phi) is 2.51. The summed E-state index contributed by atoms with van der Waals surface area (Å²) < 4.78 is 1.47. The van der Waals surface area contributed by atoms with Gasteiger partial charge >= 0.3 is 5.97 Å². The quantitative estimate of drug-likeness (QED) is 0.762. The number of imidazole rings is 1. The maximum absolute atomic E-state index is 11.9. The summed E-state index contributed by atoms with van der Waals surface area (Å²) >= 11 is 0. The zero-order valence-corrected chi connectivity index (χ0v) is 9.72. The molecule has 0 unspecified atom stereocenters. The van der Waals surface area contributed by atoms with Crippen LogP contribution in [-0.2, 0) is 0 Å². The van der Waals surface area contributed by atoms with Crippen LogP contribution in [0, 0.1) is 0 Å². The standard InChI is InChI=1S/C10H10N6O3/c17-9(7-1-11-5-12-7)15-2-6(3-15)16-4-8(10(18)19)13-14-16/h1,4-6H,2-3H2,(H,11,12)(H,18,19). The van der Waals surface area contributed by atoms with Gasteiger partial charge in [-0.25, -0.2) is 14.5 Å². The summed E-state index contributed by atoms with van der Waals surface area (Å²) in [5.74, 6) is -1.25. The topological polar surface area (TPSA) is 117 Å². The second-order valence-corrected chi connectivity index (χ2v) is 4.22. The summed E-state index contributed by atoms with van der Waals surface area (Å²) in [6.07, 6.45) is 4.28. The van der Waals surface area contributed by atoms with Crippen LogP contribution in [0.25, 0.3) is 0 Å². The average molecular weight is 262 g/mol. The van der Waals surface area contributed by atoms with Crippen LogP contribution < -0.4 is 0 Å². The van der Waals surface area contributed by atoms with Crippen molar-refractivity contribution < 1.29 is 14.7 Å². The van der Waals surface area contributed by atoms with Gasteiger partial charge in [0, 0.05) is 13.1 Å². The molecule has 0 aliphatic carbocycles. The zero-order valence-electron chi connectivity index (χ0n) is 9.72. The van der Waals surface area contributed by atoms with E-state index in [0.717, 1.165) is 0 Å². The van der Waals surface area contributed by atoms with Crippen molar-refractivity contribution in [1.82, 2.24) is 29.9 Å². The Morgan fingerprint density at radius 3 is 2.79 bits per heavy atom. The van der Waals surface area contributed by atoms with Gasteiger partial charge in [-0.05, 0) is 0 Å². The first-order valence-electron chi connectivity index (χ1n) is 5.58. The SMILES string of the molecule is O=C(O)c1cn(C2CN(C(=O)c3cnc[nH]3)C2)nn1. The summed E-state index contributed by atoms with van der Waals surface area (Å²) in [5, 5.41) is 16.0. The molecule has 2 aromatic rings. The lowest BCUT2D eigenvalue weighted by Crippen LogP contribution is -2.51. The van der Waals surface area contributed by atoms with Gasteiger partial charge in [0.2, 0.25) is 0 Å². The van der Waals surface area contributed by atoms with Crippen LogP contribution in [0.2, 0.25) is 0 Å². The molecule has 0 atom stereocenters. The van der Waals surface area contributed by atoms with Gasteiger partial charge in [-0.1, -0.05) is 5.21 Å². The molecule has 9 heteroatoms. The van der Waals surface area contributed by atoms with Crippen LogP contribution in [0.15, 0.2) is 18.7 Å². The smallest absolute Gasteiger partial charge is 0.358 e. The minimum atomic E-state index is -1.11. The molecular weight excluding hydrogens is 252 g/mol. The van der Waals surface area contributed by atoms with Gasteiger partial charge in [0.05, 0.1) is 24.8 Å². The molecule has 1 amide bonds. The second-order valence-electron chi connectivity index (χ2n) is 4.22. The Hall–Kier alpha value is -2.71. The van der Waals surface area contributed by atoms with Gasteiger partial charge in [-0.15, -0.1) is 5.10 Å². The van der Waals surface area contributed by atoms with Crippen LogP contribution in [-0.4, -0.2) is 59.9 Å². The Morgan fingerprint density at radius 2 is 2.21 bits per heavy atom. The Bertz CT molecular complexity index is 613. The third kappa shape index (κ3) is 1.94. The highest BCUT2D eigenvalue weighted by Crippen LogP contribution is 2.21. The number of aromatic amines is 1. The first-order chi connectivity index (χ1) is 9.15. The third-order valence-corrected chi connectivity index (χ3v) is 2.98. The summed E-state index contributed by atoms with van der Waals surface area (Å²) in [5.41, 5.74) is 0.335. The zero-order chi connectivity index (χ0) is 13.4. The molecule has 0 bridgehead atoms. The maximum atomic E-state index is 11.9. The van der Waals surface area contributed by atoms with E-state index in [0.29, 0.717) is 18.8 Å². The van der Waals surface area contributed by atoms with Gasteiger partial charge in [0.15, 0.2) is 5.69 Å². The molecule has 0 spiro atoms. The predicted octanol–water partition coefficient (Wildman–Crippen LogP) is -0.603. The maximum Gasteiger partial charge on any atom is 0.358 e. The van der Waals surface area contributed by atoms with Crippen molar-refractivity contribution in [3.63, 3.8) is 0 Å². The number of carboxylic acids is 1. The van der Waals surface area contributed by atoms with Gasteiger partial charge < -0.3 is 15.0 Å². The molecule has 1 aliphatic heterocycles. The summed E-state index contributed by atoms with van der Waals surface area (Å²) in [7, 11) is 0. The molecule has 1 fully saturated rings. The van der Waals surface area contributed by atoms with Gasteiger partial charge in [-0.2, -0.15) is 0 Å². The minimum Gasteiger partial charge on any atom is -0.476 e. The van der Waals surface area contributed by atoms with Crippen LogP contribution in [0.1, 0.15) is 27.0 Å². The summed E-state index contributed by atoms with van der Waals surface area (Å²) in [6, 6.07) is -0.0347. The van der Waals surface area contributed by atoms with Crippen molar-refractivity contribution in [2.75, 3.05) is 13.1 Å². The van der Waals surface area contributed by atoms with Crippen LogP contribution in [0.3, 0.4) is 0 Å². The number of carbonyl (C=O) groups is 2. The van der Waals surface area contributed by atoms with Gasteiger partial charge in [0.1, 0.15) is 5.69 Å².